The van der Waals surface area contributed by atoms with Crippen LogP contribution in [0.3, 0.4) is 0 Å². The van der Waals surface area contributed by atoms with Gasteiger partial charge in [-0.1, -0.05) is 17.7 Å². The lowest BCUT2D eigenvalue weighted by molar-refractivity contribution is 0.346. The van der Waals surface area contributed by atoms with E-state index in [9.17, 15) is 0 Å². The van der Waals surface area contributed by atoms with Crippen LogP contribution in [0.1, 0.15) is 5.56 Å². The van der Waals surface area contributed by atoms with Gasteiger partial charge in [-0.3, -0.25) is 0 Å². The van der Waals surface area contributed by atoms with Crippen molar-refractivity contribution in [1.82, 2.24) is 5.32 Å². The molecule has 0 saturated carbocycles. The van der Waals surface area contributed by atoms with Crippen LogP contribution in [0.15, 0.2) is 18.2 Å². The summed E-state index contributed by atoms with van der Waals surface area (Å²) in [5, 5.41) is 13.0. The number of aromatic hydroxyl groups is 1. The van der Waals surface area contributed by atoms with Gasteiger partial charge in [-0.25, -0.2) is 0 Å². The van der Waals surface area contributed by atoms with Gasteiger partial charge in [-0.05, 0) is 43.1 Å². The van der Waals surface area contributed by atoms with Crippen molar-refractivity contribution >= 4 is 11.6 Å². The maximum absolute atomic E-state index is 9.15. The van der Waals surface area contributed by atoms with E-state index in [0.29, 0.717) is 10.9 Å². The van der Waals surface area contributed by atoms with Gasteiger partial charge in [0.25, 0.3) is 0 Å². The maximum Gasteiger partial charge on any atom is 0.117 e. The first-order valence-corrected chi connectivity index (χ1v) is 4.81. The molecule has 0 amide bonds. The van der Waals surface area contributed by atoms with Crippen LogP contribution < -0.4 is 5.32 Å². The average molecular weight is 198 g/mol. The predicted molar refractivity (Wildman–Crippen MR) is 53.2 cm³/mol. The highest BCUT2D eigenvalue weighted by Gasteiger charge is 2.18. The third-order valence-corrected chi connectivity index (χ3v) is 2.76. The molecule has 70 valence electrons. The smallest absolute Gasteiger partial charge is 0.117 e. The zero-order valence-corrected chi connectivity index (χ0v) is 8.01. The van der Waals surface area contributed by atoms with E-state index in [2.05, 4.69) is 5.32 Å². The SMILES string of the molecule is Oc1ccc(CC2CNC2)c(Cl)c1. The molecular weight excluding hydrogens is 186 g/mol. The second-order valence-corrected chi connectivity index (χ2v) is 3.91. The van der Waals surface area contributed by atoms with Crippen molar-refractivity contribution in [3.8, 4) is 5.75 Å². The van der Waals surface area contributed by atoms with Gasteiger partial charge < -0.3 is 10.4 Å². The lowest BCUT2D eigenvalue weighted by Crippen LogP contribution is -2.43. The minimum absolute atomic E-state index is 0.237. The van der Waals surface area contributed by atoms with Gasteiger partial charge in [-0.15, -0.1) is 0 Å². The van der Waals surface area contributed by atoms with Crippen molar-refractivity contribution < 1.29 is 5.11 Å². The molecule has 0 bridgehead atoms. The highest BCUT2D eigenvalue weighted by Crippen LogP contribution is 2.24. The van der Waals surface area contributed by atoms with Crippen LogP contribution in [0.25, 0.3) is 0 Å². The van der Waals surface area contributed by atoms with E-state index < -0.39 is 0 Å². The largest absolute Gasteiger partial charge is 0.508 e. The quantitative estimate of drug-likeness (QED) is 0.758. The number of rotatable bonds is 2. The molecule has 1 aromatic rings. The Hall–Kier alpha value is -0.730. The van der Waals surface area contributed by atoms with Crippen molar-refractivity contribution in [2.45, 2.75) is 6.42 Å². The Morgan fingerprint density at radius 3 is 2.77 bits per heavy atom. The van der Waals surface area contributed by atoms with E-state index in [0.717, 1.165) is 25.1 Å². The lowest BCUT2D eigenvalue weighted by atomic mass is 9.94. The topological polar surface area (TPSA) is 32.3 Å². The van der Waals surface area contributed by atoms with E-state index in [4.69, 9.17) is 16.7 Å². The summed E-state index contributed by atoms with van der Waals surface area (Å²) in [6.45, 7) is 2.16. The Labute approximate surface area is 82.5 Å². The molecule has 1 aliphatic heterocycles. The number of benzene rings is 1. The zero-order chi connectivity index (χ0) is 9.26. The number of phenols is 1. The van der Waals surface area contributed by atoms with Crippen LogP contribution in [0.5, 0.6) is 5.75 Å². The predicted octanol–water partition coefficient (Wildman–Crippen LogP) is 1.81. The van der Waals surface area contributed by atoms with E-state index >= 15 is 0 Å². The molecule has 1 fully saturated rings. The molecule has 2 nitrogen and oxygen atoms in total. The fourth-order valence-electron chi connectivity index (χ4n) is 1.51. The van der Waals surface area contributed by atoms with Crippen molar-refractivity contribution in [1.29, 1.82) is 0 Å². The van der Waals surface area contributed by atoms with Crippen LogP contribution in [-0.2, 0) is 6.42 Å². The molecule has 2 rings (SSSR count). The Balaban J connectivity index is 2.10. The van der Waals surface area contributed by atoms with Gasteiger partial charge in [-0.2, -0.15) is 0 Å². The Bertz CT molecular complexity index is 310. The number of hydrogen-bond acceptors (Lipinski definition) is 2. The molecule has 0 atom stereocenters. The highest BCUT2D eigenvalue weighted by atomic mass is 35.5. The molecule has 0 aliphatic carbocycles. The number of nitrogens with one attached hydrogen (secondary N) is 1. The molecule has 0 aromatic heterocycles. The molecule has 1 aliphatic rings. The summed E-state index contributed by atoms with van der Waals surface area (Å²) in [7, 11) is 0. The van der Waals surface area contributed by atoms with Crippen LogP contribution >= 0.6 is 11.6 Å². The van der Waals surface area contributed by atoms with Gasteiger partial charge in [0.05, 0.1) is 0 Å². The first-order chi connectivity index (χ1) is 6.25. The van der Waals surface area contributed by atoms with Crippen molar-refractivity contribution in [3.63, 3.8) is 0 Å². The maximum atomic E-state index is 9.15. The van der Waals surface area contributed by atoms with Crippen LogP contribution in [0, 0.1) is 5.92 Å². The molecule has 0 unspecified atom stereocenters. The van der Waals surface area contributed by atoms with Crippen molar-refractivity contribution in [2.24, 2.45) is 5.92 Å². The van der Waals surface area contributed by atoms with Gasteiger partial charge in [0, 0.05) is 5.02 Å². The van der Waals surface area contributed by atoms with E-state index in [1.54, 1.807) is 12.1 Å². The summed E-state index contributed by atoms with van der Waals surface area (Å²) in [6, 6.07) is 5.19. The zero-order valence-electron chi connectivity index (χ0n) is 7.26. The van der Waals surface area contributed by atoms with E-state index in [1.807, 2.05) is 6.07 Å². The van der Waals surface area contributed by atoms with Gasteiger partial charge in [0.15, 0.2) is 0 Å². The van der Waals surface area contributed by atoms with Crippen LogP contribution in [0.4, 0.5) is 0 Å². The molecule has 1 saturated heterocycles. The van der Waals surface area contributed by atoms with Gasteiger partial charge in [0.2, 0.25) is 0 Å². The molecule has 1 heterocycles. The minimum Gasteiger partial charge on any atom is -0.508 e. The number of halogens is 1. The highest BCUT2D eigenvalue weighted by molar-refractivity contribution is 6.31. The molecule has 1 aromatic carbocycles. The minimum atomic E-state index is 0.237. The Kier molecular flexibility index (Phi) is 2.42. The normalized spacial score (nSPS) is 17.0. The fourth-order valence-corrected chi connectivity index (χ4v) is 1.76. The van der Waals surface area contributed by atoms with Crippen molar-refractivity contribution in [3.05, 3.63) is 28.8 Å². The molecule has 2 N–H and O–H groups in total. The second kappa shape index (κ2) is 3.56. The fraction of sp³-hybridized carbons (Fsp3) is 0.400. The summed E-state index contributed by atoms with van der Waals surface area (Å²) in [6.07, 6.45) is 1.01. The van der Waals surface area contributed by atoms with Gasteiger partial charge in [0.1, 0.15) is 5.75 Å². The Morgan fingerprint density at radius 1 is 1.46 bits per heavy atom. The third kappa shape index (κ3) is 1.95. The van der Waals surface area contributed by atoms with Crippen molar-refractivity contribution in [2.75, 3.05) is 13.1 Å². The lowest BCUT2D eigenvalue weighted by Gasteiger charge is -2.27. The summed E-state index contributed by atoms with van der Waals surface area (Å²) in [4.78, 5) is 0. The second-order valence-electron chi connectivity index (χ2n) is 3.50. The number of hydrogen-bond donors (Lipinski definition) is 2. The van der Waals surface area contributed by atoms with Gasteiger partial charge >= 0.3 is 0 Å². The number of phenolic OH excluding ortho intramolecular Hbond substituents is 1. The summed E-state index contributed by atoms with van der Waals surface area (Å²) >= 11 is 5.97. The molecule has 0 radical (unpaired) electrons. The average Bonchev–Trinajstić information content (AvgIpc) is 1.99. The van der Waals surface area contributed by atoms with E-state index in [1.165, 1.54) is 0 Å². The Morgan fingerprint density at radius 2 is 2.23 bits per heavy atom. The molecular formula is C10H12ClNO. The van der Waals surface area contributed by atoms with Crippen LogP contribution in [-0.4, -0.2) is 18.2 Å². The molecule has 0 spiro atoms. The standard InChI is InChI=1S/C10H12ClNO/c11-10-4-9(13)2-1-8(10)3-7-5-12-6-7/h1-2,4,7,12-13H,3,5-6H2. The van der Waals surface area contributed by atoms with E-state index in [-0.39, 0.29) is 5.75 Å². The first kappa shape index (κ1) is 8.85. The summed E-state index contributed by atoms with van der Waals surface area (Å²) < 4.78 is 0. The monoisotopic (exact) mass is 197 g/mol. The summed E-state index contributed by atoms with van der Waals surface area (Å²) in [5.41, 5.74) is 1.13. The molecule has 13 heavy (non-hydrogen) atoms. The summed E-state index contributed by atoms with van der Waals surface area (Å²) in [5.74, 6) is 0.947. The molecule has 3 heteroatoms. The third-order valence-electron chi connectivity index (χ3n) is 2.41. The first-order valence-electron chi connectivity index (χ1n) is 4.44. The van der Waals surface area contributed by atoms with Crippen LogP contribution in [0.2, 0.25) is 5.02 Å².